The average molecular weight is 317 g/mol. The van der Waals surface area contributed by atoms with Gasteiger partial charge in [0, 0.05) is 23.5 Å². The van der Waals surface area contributed by atoms with Crippen LogP contribution in [0.4, 0.5) is 0 Å². The van der Waals surface area contributed by atoms with Crippen molar-refractivity contribution in [1.82, 2.24) is 4.98 Å². The van der Waals surface area contributed by atoms with Crippen molar-refractivity contribution in [3.63, 3.8) is 0 Å². The minimum atomic E-state index is 0.188. The normalized spacial score (nSPS) is 11.4. The number of hydrogen-bond acceptors (Lipinski definition) is 1. The van der Waals surface area contributed by atoms with Gasteiger partial charge < -0.3 is 4.98 Å². The molecule has 1 aromatic heterocycles. The lowest BCUT2D eigenvalue weighted by atomic mass is 10.0. The first-order chi connectivity index (χ1) is 11.6. The Morgan fingerprint density at radius 3 is 2.75 bits per heavy atom. The number of aryl methyl sites for hydroxylation is 3. The molecule has 122 valence electrons. The Labute approximate surface area is 143 Å². The fourth-order valence-corrected chi connectivity index (χ4v) is 2.93. The third-order valence-corrected chi connectivity index (χ3v) is 4.54. The first-order valence-corrected chi connectivity index (χ1v) is 8.46. The average Bonchev–Trinajstić information content (AvgIpc) is 2.99. The summed E-state index contributed by atoms with van der Waals surface area (Å²) in [7, 11) is 0. The van der Waals surface area contributed by atoms with Crippen molar-refractivity contribution in [3.8, 4) is 0 Å². The summed E-state index contributed by atoms with van der Waals surface area (Å²) in [5, 5.41) is 1.26. The lowest BCUT2D eigenvalue weighted by Gasteiger charge is -2.01. The van der Waals surface area contributed by atoms with Crippen LogP contribution in [-0.4, -0.2) is 10.8 Å². The monoisotopic (exact) mass is 317 g/mol. The number of nitrogens with one attached hydrogen (secondary N) is 1. The molecule has 0 saturated carbocycles. The van der Waals surface area contributed by atoms with E-state index in [1.54, 1.807) is 6.08 Å². The summed E-state index contributed by atoms with van der Waals surface area (Å²) >= 11 is 0. The number of benzene rings is 2. The number of carbonyl (C=O) groups excluding carboxylic acids is 1. The van der Waals surface area contributed by atoms with Crippen LogP contribution in [-0.2, 0) is 11.2 Å². The molecule has 0 amide bonds. The van der Waals surface area contributed by atoms with E-state index in [-0.39, 0.29) is 5.78 Å². The van der Waals surface area contributed by atoms with Crippen LogP contribution in [0.3, 0.4) is 0 Å². The number of aromatic amines is 1. The molecule has 0 atom stereocenters. The zero-order valence-electron chi connectivity index (χ0n) is 14.3. The van der Waals surface area contributed by atoms with Crippen molar-refractivity contribution in [2.24, 2.45) is 0 Å². The van der Waals surface area contributed by atoms with Gasteiger partial charge >= 0.3 is 0 Å². The highest BCUT2D eigenvalue weighted by Gasteiger charge is 2.04. The van der Waals surface area contributed by atoms with Crippen LogP contribution in [0, 0.1) is 13.8 Å². The SMILES string of the molecule is Cc1ccc(/C=C/C(=O)CCCc2c[nH]c3ccccc23)cc1C. The van der Waals surface area contributed by atoms with E-state index in [0.717, 1.165) is 23.9 Å². The summed E-state index contributed by atoms with van der Waals surface area (Å²) < 4.78 is 0. The Balaban J connectivity index is 1.54. The van der Waals surface area contributed by atoms with Crippen LogP contribution >= 0.6 is 0 Å². The first kappa shape index (κ1) is 16.3. The second-order valence-corrected chi connectivity index (χ2v) is 6.36. The van der Waals surface area contributed by atoms with Crippen LogP contribution in [0.2, 0.25) is 0 Å². The summed E-state index contributed by atoms with van der Waals surface area (Å²) in [5.74, 6) is 0.188. The second kappa shape index (κ2) is 7.31. The molecule has 0 aliphatic carbocycles. The summed E-state index contributed by atoms with van der Waals surface area (Å²) in [4.78, 5) is 15.3. The number of para-hydroxylation sites is 1. The molecule has 0 aliphatic rings. The summed E-state index contributed by atoms with van der Waals surface area (Å²) in [6.45, 7) is 4.19. The molecule has 3 aromatic rings. The van der Waals surface area contributed by atoms with E-state index in [1.807, 2.05) is 12.1 Å². The van der Waals surface area contributed by atoms with Gasteiger partial charge in [-0.25, -0.2) is 0 Å². The predicted octanol–water partition coefficient (Wildman–Crippen LogP) is 5.39. The number of fused-ring (bicyclic) bond motifs is 1. The fourth-order valence-electron chi connectivity index (χ4n) is 2.93. The van der Waals surface area contributed by atoms with Crippen molar-refractivity contribution >= 4 is 22.8 Å². The van der Waals surface area contributed by atoms with Gasteiger partial charge in [0.25, 0.3) is 0 Å². The minimum Gasteiger partial charge on any atom is -0.361 e. The number of allylic oxidation sites excluding steroid dienone is 1. The number of hydrogen-bond donors (Lipinski definition) is 1. The lowest BCUT2D eigenvalue weighted by molar-refractivity contribution is -0.114. The molecule has 2 heteroatoms. The Hall–Kier alpha value is -2.61. The van der Waals surface area contributed by atoms with E-state index in [0.29, 0.717) is 6.42 Å². The molecule has 0 unspecified atom stereocenters. The van der Waals surface area contributed by atoms with Crippen molar-refractivity contribution in [1.29, 1.82) is 0 Å². The quantitative estimate of drug-likeness (QED) is 0.607. The van der Waals surface area contributed by atoms with E-state index in [9.17, 15) is 4.79 Å². The fraction of sp³-hybridized carbons (Fsp3) is 0.227. The van der Waals surface area contributed by atoms with Crippen molar-refractivity contribution in [2.45, 2.75) is 33.1 Å². The van der Waals surface area contributed by atoms with Crippen LogP contribution in [0.1, 0.15) is 35.1 Å². The summed E-state index contributed by atoms with van der Waals surface area (Å²) in [6, 6.07) is 14.6. The first-order valence-electron chi connectivity index (χ1n) is 8.46. The van der Waals surface area contributed by atoms with Crippen LogP contribution < -0.4 is 0 Å². The summed E-state index contributed by atoms with van der Waals surface area (Å²) in [6.07, 6.45) is 8.06. The molecule has 1 N–H and O–H groups in total. The van der Waals surface area contributed by atoms with Gasteiger partial charge in [0.15, 0.2) is 5.78 Å². The topological polar surface area (TPSA) is 32.9 Å². The number of rotatable bonds is 6. The predicted molar refractivity (Wildman–Crippen MR) is 101 cm³/mol. The Morgan fingerprint density at radius 2 is 1.92 bits per heavy atom. The van der Waals surface area contributed by atoms with Gasteiger partial charge in [0.05, 0.1) is 0 Å². The Bertz CT molecular complexity index is 886. The molecule has 0 fully saturated rings. The van der Waals surface area contributed by atoms with Crippen molar-refractivity contribution in [2.75, 3.05) is 0 Å². The molecule has 0 radical (unpaired) electrons. The van der Waals surface area contributed by atoms with Gasteiger partial charge in [0.2, 0.25) is 0 Å². The molecule has 2 aromatic carbocycles. The molecule has 0 bridgehead atoms. The van der Waals surface area contributed by atoms with Crippen LogP contribution in [0.25, 0.3) is 17.0 Å². The van der Waals surface area contributed by atoms with Crippen LogP contribution in [0.15, 0.2) is 54.7 Å². The number of ketones is 1. The molecule has 0 spiro atoms. The highest BCUT2D eigenvalue weighted by Crippen LogP contribution is 2.19. The Kier molecular flexibility index (Phi) is 4.95. The maximum absolute atomic E-state index is 12.1. The van der Waals surface area contributed by atoms with Gasteiger partial charge in [-0.05, 0) is 61.1 Å². The third-order valence-electron chi connectivity index (χ3n) is 4.54. The zero-order valence-corrected chi connectivity index (χ0v) is 14.3. The standard InChI is InChI=1S/C22H23NO/c1-16-10-11-18(14-17(16)2)12-13-20(24)7-5-6-19-15-23-22-9-4-3-8-21(19)22/h3-4,8-15,23H,5-7H2,1-2H3/b13-12+. The lowest BCUT2D eigenvalue weighted by Crippen LogP contribution is -1.94. The van der Waals surface area contributed by atoms with E-state index in [4.69, 9.17) is 0 Å². The summed E-state index contributed by atoms with van der Waals surface area (Å²) in [5.41, 5.74) is 6.06. The number of aromatic nitrogens is 1. The molecule has 1 heterocycles. The molecular formula is C22H23NO. The van der Waals surface area contributed by atoms with Gasteiger partial charge in [0.1, 0.15) is 0 Å². The number of H-pyrrole nitrogens is 1. The van der Waals surface area contributed by atoms with Gasteiger partial charge in [-0.2, -0.15) is 0 Å². The third kappa shape index (κ3) is 3.83. The van der Waals surface area contributed by atoms with E-state index < -0.39 is 0 Å². The molecule has 24 heavy (non-hydrogen) atoms. The van der Waals surface area contributed by atoms with E-state index in [2.05, 4.69) is 61.4 Å². The Morgan fingerprint density at radius 1 is 1.08 bits per heavy atom. The second-order valence-electron chi connectivity index (χ2n) is 6.36. The van der Waals surface area contributed by atoms with Crippen molar-refractivity contribution in [3.05, 3.63) is 77.0 Å². The van der Waals surface area contributed by atoms with Gasteiger partial charge in [-0.15, -0.1) is 0 Å². The van der Waals surface area contributed by atoms with Crippen molar-refractivity contribution < 1.29 is 4.79 Å². The highest BCUT2D eigenvalue weighted by molar-refractivity contribution is 5.93. The molecular weight excluding hydrogens is 294 g/mol. The highest BCUT2D eigenvalue weighted by atomic mass is 16.1. The molecule has 0 aliphatic heterocycles. The molecule has 0 saturated heterocycles. The molecule has 2 nitrogen and oxygen atoms in total. The zero-order chi connectivity index (χ0) is 16.9. The van der Waals surface area contributed by atoms with Gasteiger partial charge in [-0.1, -0.05) is 42.5 Å². The van der Waals surface area contributed by atoms with E-state index >= 15 is 0 Å². The van der Waals surface area contributed by atoms with E-state index in [1.165, 1.54) is 22.1 Å². The van der Waals surface area contributed by atoms with Gasteiger partial charge in [-0.3, -0.25) is 4.79 Å². The number of carbonyl (C=O) groups is 1. The van der Waals surface area contributed by atoms with Crippen LogP contribution in [0.5, 0.6) is 0 Å². The largest absolute Gasteiger partial charge is 0.361 e. The maximum Gasteiger partial charge on any atom is 0.155 e. The maximum atomic E-state index is 12.1. The molecule has 3 rings (SSSR count). The smallest absolute Gasteiger partial charge is 0.155 e. The minimum absolute atomic E-state index is 0.188.